The molecular weight excluding hydrogens is 402 g/mol. The monoisotopic (exact) mass is 425 g/mol. The number of carbonyl (C=O) groups excluding carboxylic acids is 1. The second-order valence-electron chi connectivity index (χ2n) is 6.72. The Morgan fingerprint density at radius 1 is 1.07 bits per heavy atom. The minimum Gasteiger partial charge on any atom is -0.493 e. The molecule has 0 saturated heterocycles. The number of hydrogen-bond donors (Lipinski definition) is 0. The Labute approximate surface area is 181 Å². The van der Waals surface area contributed by atoms with Crippen molar-refractivity contribution in [3.05, 3.63) is 82.9 Å². The summed E-state index contributed by atoms with van der Waals surface area (Å²) in [5.74, 6) is 0.716. The summed E-state index contributed by atoms with van der Waals surface area (Å²) in [6, 6.07) is 10.9. The molecule has 0 unspecified atom stereocenters. The molecule has 2 aromatic heterocycles. The van der Waals surface area contributed by atoms with Crippen LogP contribution in [0.15, 0.2) is 61.2 Å². The van der Waals surface area contributed by atoms with E-state index in [9.17, 15) is 4.79 Å². The van der Waals surface area contributed by atoms with Gasteiger partial charge in [0.05, 0.1) is 18.7 Å². The minimum atomic E-state index is -0.169. The molecule has 3 aromatic rings. The van der Waals surface area contributed by atoms with Crippen LogP contribution < -0.4 is 9.47 Å². The third-order valence-electron chi connectivity index (χ3n) is 4.43. The molecule has 0 bridgehead atoms. The van der Waals surface area contributed by atoms with Gasteiger partial charge in [0.2, 0.25) is 0 Å². The van der Waals surface area contributed by atoms with E-state index < -0.39 is 0 Å². The summed E-state index contributed by atoms with van der Waals surface area (Å²) in [6.07, 6.45) is 7.72. The summed E-state index contributed by atoms with van der Waals surface area (Å²) in [5.41, 5.74) is 2.34. The van der Waals surface area contributed by atoms with Gasteiger partial charge >= 0.3 is 0 Å². The van der Waals surface area contributed by atoms with Crippen LogP contribution in [0.1, 0.15) is 34.8 Å². The average Bonchev–Trinajstić information content (AvgIpc) is 2.78. The van der Waals surface area contributed by atoms with Crippen LogP contribution in [0.3, 0.4) is 0 Å². The van der Waals surface area contributed by atoms with Crippen molar-refractivity contribution in [1.29, 1.82) is 0 Å². The molecule has 0 atom stereocenters. The summed E-state index contributed by atoms with van der Waals surface area (Å²) in [5, 5.41) is 0.344. The van der Waals surface area contributed by atoms with Crippen LogP contribution in [0.4, 0.5) is 0 Å². The number of methoxy groups -OCH3 is 1. The Balaban J connectivity index is 1.92. The summed E-state index contributed by atoms with van der Waals surface area (Å²) < 4.78 is 11.1. The third kappa shape index (κ3) is 5.48. The van der Waals surface area contributed by atoms with E-state index in [1.807, 2.05) is 31.2 Å². The highest BCUT2D eigenvalue weighted by atomic mass is 35.5. The van der Waals surface area contributed by atoms with Gasteiger partial charge in [0, 0.05) is 43.4 Å². The van der Waals surface area contributed by atoms with E-state index in [2.05, 4.69) is 9.97 Å². The molecule has 7 heteroatoms. The van der Waals surface area contributed by atoms with Gasteiger partial charge in [0.1, 0.15) is 0 Å². The predicted octanol–water partition coefficient (Wildman–Crippen LogP) is 4.77. The van der Waals surface area contributed by atoms with Gasteiger partial charge in [0.15, 0.2) is 11.5 Å². The Morgan fingerprint density at radius 2 is 1.83 bits per heavy atom. The lowest BCUT2D eigenvalue weighted by Gasteiger charge is -2.24. The molecule has 1 amide bonds. The van der Waals surface area contributed by atoms with Gasteiger partial charge in [0.25, 0.3) is 5.91 Å². The molecule has 0 spiro atoms. The maximum absolute atomic E-state index is 13.4. The molecule has 0 saturated carbocycles. The number of nitrogens with zero attached hydrogens (tertiary/aromatic N) is 3. The zero-order valence-corrected chi connectivity index (χ0v) is 17.8. The van der Waals surface area contributed by atoms with Crippen LogP contribution in [0.2, 0.25) is 5.02 Å². The molecule has 1 aromatic carbocycles. The molecule has 0 N–H and O–H groups in total. The van der Waals surface area contributed by atoms with Crippen LogP contribution in [-0.2, 0) is 13.1 Å². The first-order valence-electron chi connectivity index (χ1n) is 9.69. The summed E-state index contributed by atoms with van der Waals surface area (Å²) >= 11 is 6.42. The number of halogens is 1. The fourth-order valence-corrected chi connectivity index (χ4v) is 3.26. The van der Waals surface area contributed by atoms with Crippen LogP contribution in [0, 0.1) is 0 Å². The maximum Gasteiger partial charge on any atom is 0.254 e. The molecule has 3 rings (SSSR count). The lowest BCUT2D eigenvalue weighted by molar-refractivity contribution is 0.0729. The Bertz CT molecular complexity index is 927. The maximum atomic E-state index is 13.4. The van der Waals surface area contributed by atoms with Gasteiger partial charge in [-0.05, 0) is 47.9 Å². The summed E-state index contributed by atoms with van der Waals surface area (Å²) in [7, 11) is 1.53. The first-order chi connectivity index (χ1) is 14.6. The van der Waals surface area contributed by atoms with Crippen molar-refractivity contribution < 1.29 is 14.3 Å². The summed E-state index contributed by atoms with van der Waals surface area (Å²) in [4.78, 5) is 23.4. The number of amides is 1. The predicted molar refractivity (Wildman–Crippen MR) is 116 cm³/mol. The highest BCUT2D eigenvalue weighted by molar-refractivity contribution is 6.32. The van der Waals surface area contributed by atoms with Gasteiger partial charge in [-0.25, -0.2) is 0 Å². The van der Waals surface area contributed by atoms with Crippen molar-refractivity contribution in [1.82, 2.24) is 14.9 Å². The number of carbonyl (C=O) groups is 1. The van der Waals surface area contributed by atoms with Gasteiger partial charge in [-0.1, -0.05) is 24.6 Å². The van der Waals surface area contributed by atoms with E-state index in [-0.39, 0.29) is 5.91 Å². The molecule has 0 aliphatic carbocycles. The fraction of sp³-hybridized carbons (Fsp3) is 0.261. The van der Waals surface area contributed by atoms with Gasteiger partial charge < -0.3 is 14.4 Å². The highest BCUT2D eigenvalue weighted by Crippen LogP contribution is 2.37. The van der Waals surface area contributed by atoms with E-state index in [1.54, 1.807) is 41.8 Å². The fourth-order valence-electron chi connectivity index (χ4n) is 2.99. The second kappa shape index (κ2) is 10.6. The lowest BCUT2D eigenvalue weighted by Crippen LogP contribution is -2.30. The SMILES string of the molecule is CCCOc1c(Cl)cc(C(=O)N(Cc2ccncc2)Cc2cccnc2)cc1OC. The first-order valence-corrected chi connectivity index (χ1v) is 10.1. The molecule has 0 radical (unpaired) electrons. The van der Waals surface area contributed by atoms with Gasteiger partial charge in [-0.2, -0.15) is 0 Å². The summed E-state index contributed by atoms with van der Waals surface area (Å²) in [6.45, 7) is 3.35. The van der Waals surface area contributed by atoms with Crippen molar-refractivity contribution in [2.45, 2.75) is 26.4 Å². The molecule has 0 fully saturated rings. The van der Waals surface area contributed by atoms with Crippen LogP contribution in [0.5, 0.6) is 11.5 Å². The zero-order valence-electron chi connectivity index (χ0n) is 17.0. The van der Waals surface area contributed by atoms with Gasteiger partial charge in [-0.3, -0.25) is 14.8 Å². The van der Waals surface area contributed by atoms with E-state index in [4.69, 9.17) is 21.1 Å². The molecule has 2 heterocycles. The Kier molecular flexibility index (Phi) is 7.63. The lowest BCUT2D eigenvalue weighted by atomic mass is 10.1. The van der Waals surface area contributed by atoms with Crippen LogP contribution in [0.25, 0.3) is 0 Å². The molecule has 6 nitrogen and oxygen atoms in total. The Morgan fingerprint density at radius 3 is 2.50 bits per heavy atom. The molecule has 0 aliphatic rings. The zero-order chi connectivity index (χ0) is 21.3. The standard InChI is InChI=1S/C23H24ClN3O3/c1-3-11-30-22-20(24)12-19(13-21(22)29-2)23(28)27(15-17-6-9-25-10-7-17)16-18-5-4-8-26-14-18/h4-10,12-14H,3,11,15-16H2,1-2H3. The first kappa shape index (κ1) is 21.6. The number of ether oxygens (including phenoxy) is 2. The number of benzene rings is 1. The quantitative estimate of drug-likeness (QED) is 0.494. The van der Waals surface area contributed by atoms with Crippen molar-refractivity contribution in [3.63, 3.8) is 0 Å². The van der Waals surface area contributed by atoms with E-state index in [1.165, 1.54) is 7.11 Å². The molecular formula is C23H24ClN3O3. The molecule has 30 heavy (non-hydrogen) atoms. The Hall–Kier alpha value is -3.12. The topological polar surface area (TPSA) is 64.5 Å². The number of hydrogen-bond acceptors (Lipinski definition) is 5. The number of rotatable bonds is 9. The van der Waals surface area contributed by atoms with Crippen molar-refractivity contribution in [2.75, 3.05) is 13.7 Å². The van der Waals surface area contributed by atoms with Crippen molar-refractivity contribution in [2.24, 2.45) is 0 Å². The minimum absolute atomic E-state index is 0.169. The van der Waals surface area contributed by atoms with E-state index in [0.29, 0.717) is 41.8 Å². The largest absolute Gasteiger partial charge is 0.493 e. The molecule has 0 aliphatic heterocycles. The van der Waals surface area contributed by atoms with E-state index >= 15 is 0 Å². The smallest absolute Gasteiger partial charge is 0.254 e. The van der Waals surface area contributed by atoms with Crippen LogP contribution >= 0.6 is 11.6 Å². The van der Waals surface area contributed by atoms with Crippen molar-refractivity contribution in [3.8, 4) is 11.5 Å². The average molecular weight is 426 g/mol. The molecule has 156 valence electrons. The van der Waals surface area contributed by atoms with Gasteiger partial charge in [-0.15, -0.1) is 0 Å². The van der Waals surface area contributed by atoms with Crippen LogP contribution in [-0.4, -0.2) is 34.5 Å². The third-order valence-corrected chi connectivity index (χ3v) is 4.71. The number of pyridine rings is 2. The van der Waals surface area contributed by atoms with E-state index in [0.717, 1.165) is 17.5 Å². The normalized spacial score (nSPS) is 10.5. The van der Waals surface area contributed by atoms with Crippen molar-refractivity contribution >= 4 is 17.5 Å². The highest BCUT2D eigenvalue weighted by Gasteiger charge is 2.21. The second-order valence-corrected chi connectivity index (χ2v) is 7.12. The number of aromatic nitrogens is 2.